The second kappa shape index (κ2) is 8.39. The number of aromatic nitrogens is 1. The van der Waals surface area contributed by atoms with Crippen LogP contribution in [0.2, 0.25) is 0 Å². The summed E-state index contributed by atoms with van der Waals surface area (Å²) in [6.45, 7) is 0.0802. The molecule has 4 heterocycles. The molecule has 188 valence electrons. The van der Waals surface area contributed by atoms with Crippen molar-refractivity contribution >= 4 is 46.0 Å². The first-order valence-electron chi connectivity index (χ1n) is 11.4. The summed E-state index contributed by atoms with van der Waals surface area (Å²) in [7, 11) is 2.91. The highest BCUT2D eigenvalue weighted by Crippen LogP contribution is 2.44. The number of hydrogen-bond donors (Lipinski definition) is 1. The Hall–Kier alpha value is -4.29. The minimum Gasteiger partial charge on any atom is -0.464 e. The molecule has 6 rings (SSSR count). The molecule has 37 heavy (non-hydrogen) atoms. The molecular weight excluding hydrogens is 500 g/mol. The number of carbonyl (C=O) groups excluding carboxylic acids is 4. The summed E-state index contributed by atoms with van der Waals surface area (Å²) in [5.74, 6) is -0.541. The van der Waals surface area contributed by atoms with E-state index in [-0.39, 0.29) is 18.9 Å². The Labute approximate surface area is 214 Å². The van der Waals surface area contributed by atoms with Crippen LogP contribution in [0.5, 0.6) is 11.5 Å². The van der Waals surface area contributed by atoms with Crippen LogP contribution in [0.4, 0.5) is 15.6 Å². The third-order valence-corrected chi connectivity index (χ3v) is 7.90. The number of nitrogens with one attached hydrogen (secondary N) is 1. The molecule has 0 saturated carbocycles. The lowest BCUT2D eigenvalue weighted by atomic mass is 9.94. The second-order valence-electron chi connectivity index (χ2n) is 8.90. The van der Waals surface area contributed by atoms with Crippen molar-refractivity contribution in [3.8, 4) is 11.5 Å². The Morgan fingerprint density at radius 1 is 1.16 bits per heavy atom. The molecule has 1 N–H and O–H groups in total. The molecule has 1 fully saturated rings. The maximum absolute atomic E-state index is 14.1. The van der Waals surface area contributed by atoms with Gasteiger partial charge >= 0.3 is 17.9 Å². The molecule has 0 spiro atoms. The average molecular weight is 522 g/mol. The van der Waals surface area contributed by atoms with Crippen LogP contribution in [0.3, 0.4) is 0 Å². The molecule has 3 aromatic rings. The highest BCUT2D eigenvalue weighted by atomic mass is 32.1. The lowest BCUT2D eigenvalue weighted by Crippen LogP contribution is -2.61. The monoisotopic (exact) mass is 521 g/mol. The predicted molar refractivity (Wildman–Crippen MR) is 130 cm³/mol. The quantitative estimate of drug-likeness (QED) is 0.316. The fourth-order valence-corrected chi connectivity index (χ4v) is 5.92. The number of nitrogens with zero attached hydrogens (tertiary/aromatic N) is 3. The van der Waals surface area contributed by atoms with E-state index in [4.69, 9.17) is 14.2 Å². The van der Waals surface area contributed by atoms with Crippen LogP contribution in [0.15, 0.2) is 47.8 Å². The Morgan fingerprint density at radius 2 is 1.95 bits per heavy atom. The molecule has 3 aliphatic heterocycles. The number of ether oxygens (including phenoxy) is 3. The van der Waals surface area contributed by atoms with Crippen molar-refractivity contribution < 1.29 is 33.4 Å². The van der Waals surface area contributed by atoms with Crippen molar-refractivity contribution in [1.29, 1.82) is 0 Å². The molecular formula is C25H21N4O7S+. The number of amides is 4. The Kier molecular flexibility index (Phi) is 5.24. The van der Waals surface area contributed by atoms with E-state index in [0.29, 0.717) is 27.9 Å². The zero-order chi connectivity index (χ0) is 25.9. The molecule has 1 aromatic heterocycles. The standard InChI is InChI=1S/C25H20N4O7S/c1-29(25-26-15(11-37-25)23(32)34-2)17-6-4-3-5-13(17)9-16(22(29)31)28-21(30)20(27-24(28)33)14-7-8-18-19(10-14)36-12-35-18/h3-8,10-11,16,20H,9,12H2,1-2H3/p+1/t16-,20?,29?/m0/s1. The van der Waals surface area contributed by atoms with E-state index in [1.54, 1.807) is 31.3 Å². The second-order valence-corrected chi connectivity index (χ2v) is 9.74. The fraction of sp³-hybridized carbons (Fsp3) is 0.240. The van der Waals surface area contributed by atoms with Crippen LogP contribution in [-0.2, 0) is 20.7 Å². The van der Waals surface area contributed by atoms with E-state index in [1.807, 2.05) is 18.2 Å². The summed E-state index contributed by atoms with van der Waals surface area (Å²) in [6, 6.07) is 9.59. The van der Waals surface area contributed by atoms with Crippen molar-refractivity contribution in [2.24, 2.45) is 0 Å². The van der Waals surface area contributed by atoms with Crippen molar-refractivity contribution in [2.75, 3.05) is 21.0 Å². The van der Waals surface area contributed by atoms with Crippen LogP contribution in [0.25, 0.3) is 0 Å². The summed E-state index contributed by atoms with van der Waals surface area (Å²) in [5, 5.41) is 4.55. The van der Waals surface area contributed by atoms with Gasteiger partial charge in [0.2, 0.25) is 6.79 Å². The van der Waals surface area contributed by atoms with Gasteiger partial charge in [-0.05, 0) is 17.7 Å². The van der Waals surface area contributed by atoms with Gasteiger partial charge < -0.3 is 19.5 Å². The maximum Gasteiger partial charge on any atom is 0.357 e. The van der Waals surface area contributed by atoms with Gasteiger partial charge in [0.05, 0.1) is 14.2 Å². The average Bonchev–Trinajstić information content (AvgIpc) is 3.65. The highest BCUT2D eigenvalue weighted by Gasteiger charge is 2.56. The normalized spacial score (nSPS) is 24.2. The lowest BCUT2D eigenvalue weighted by molar-refractivity contribution is -0.139. The number of esters is 1. The molecule has 0 bridgehead atoms. The van der Waals surface area contributed by atoms with Crippen LogP contribution in [0.1, 0.15) is 27.7 Å². The van der Waals surface area contributed by atoms with Crippen LogP contribution in [-0.4, -0.2) is 60.7 Å². The predicted octanol–water partition coefficient (Wildman–Crippen LogP) is 2.67. The van der Waals surface area contributed by atoms with Gasteiger partial charge in [0.15, 0.2) is 28.9 Å². The summed E-state index contributed by atoms with van der Waals surface area (Å²) in [5.41, 5.74) is 2.05. The van der Waals surface area contributed by atoms with E-state index >= 15 is 0 Å². The van der Waals surface area contributed by atoms with Crippen LogP contribution >= 0.6 is 11.3 Å². The molecule has 2 unspecified atom stereocenters. The topological polar surface area (TPSA) is 124 Å². The molecule has 12 heteroatoms. The van der Waals surface area contributed by atoms with Crippen LogP contribution in [0, 0.1) is 0 Å². The summed E-state index contributed by atoms with van der Waals surface area (Å²) in [4.78, 5) is 58.3. The van der Waals surface area contributed by atoms with Gasteiger partial charge in [-0.2, -0.15) is 9.47 Å². The van der Waals surface area contributed by atoms with Crippen molar-refractivity contribution in [3.63, 3.8) is 0 Å². The van der Waals surface area contributed by atoms with Crippen LogP contribution < -0.4 is 19.3 Å². The number of carbonyl (C=O) groups is 4. The Bertz CT molecular complexity index is 1490. The highest BCUT2D eigenvalue weighted by molar-refractivity contribution is 7.14. The first-order valence-corrected chi connectivity index (χ1v) is 12.3. The fourth-order valence-electron chi connectivity index (χ4n) is 5.01. The number of rotatable bonds is 4. The maximum atomic E-state index is 14.1. The number of methoxy groups -OCH3 is 1. The summed E-state index contributed by atoms with van der Waals surface area (Å²) >= 11 is 1.13. The number of thiazole rings is 1. The number of urea groups is 1. The van der Waals surface area contributed by atoms with E-state index in [0.717, 1.165) is 21.8 Å². The van der Waals surface area contributed by atoms with Gasteiger partial charge in [-0.3, -0.25) is 4.79 Å². The first kappa shape index (κ1) is 23.1. The van der Waals surface area contributed by atoms with Gasteiger partial charge in [0.25, 0.3) is 11.0 Å². The third kappa shape index (κ3) is 3.40. The number of para-hydroxylation sites is 1. The molecule has 11 nitrogen and oxygen atoms in total. The van der Waals surface area contributed by atoms with E-state index in [2.05, 4.69) is 10.3 Å². The number of imide groups is 1. The lowest BCUT2D eigenvalue weighted by Gasteiger charge is -2.38. The van der Waals surface area contributed by atoms with Gasteiger partial charge in [-0.15, -0.1) is 0 Å². The Morgan fingerprint density at radius 3 is 2.76 bits per heavy atom. The number of quaternary nitrogens is 1. The molecule has 1 saturated heterocycles. The third-order valence-electron chi connectivity index (χ3n) is 6.89. The van der Waals surface area contributed by atoms with Gasteiger partial charge in [0.1, 0.15) is 6.04 Å². The minimum atomic E-state index is -1.09. The van der Waals surface area contributed by atoms with Gasteiger partial charge in [0, 0.05) is 23.4 Å². The number of likely N-dealkylation sites (N-methyl/N-ethyl adjacent to an activating group) is 1. The molecule has 3 aliphatic rings. The summed E-state index contributed by atoms with van der Waals surface area (Å²) < 4.78 is 15.1. The van der Waals surface area contributed by atoms with Crippen molar-refractivity contribution in [3.05, 3.63) is 64.7 Å². The molecule has 3 atom stereocenters. The van der Waals surface area contributed by atoms with Gasteiger partial charge in [-0.1, -0.05) is 35.6 Å². The largest absolute Gasteiger partial charge is 0.464 e. The van der Waals surface area contributed by atoms with Crippen molar-refractivity contribution in [2.45, 2.75) is 18.5 Å². The SMILES string of the molecule is COC(=O)c1csc([N+]2(C)C(=O)[C@@H](N3C(=O)NC(c4ccc5c(c4)OCO5)C3=O)Cc3ccccc32)n1. The summed E-state index contributed by atoms with van der Waals surface area (Å²) in [6.07, 6.45) is 0.158. The van der Waals surface area contributed by atoms with E-state index in [9.17, 15) is 19.2 Å². The zero-order valence-electron chi connectivity index (χ0n) is 19.8. The van der Waals surface area contributed by atoms with E-state index in [1.165, 1.54) is 12.5 Å². The van der Waals surface area contributed by atoms with Crippen molar-refractivity contribution in [1.82, 2.24) is 19.7 Å². The van der Waals surface area contributed by atoms with Gasteiger partial charge in [-0.25, -0.2) is 19.3 Å². The molecule has 0 radical (unpaired) electrons. The molecule has 2 aromatic carbocycles. The van der Waals surface area contributed by atoms with E-state index < -0.39 is 40.4 Å². The number of benzene rings is 2. The first-order chi connectivity index (χ1) is 17.8. The number of fused-ring (bicyclic) bond motifs is 2. The molecule has 0 aliphatic carbocycles. The zero-order valence-corrected chi connectivity index (χ0v) is 20.6. The number of hydrogen-bond acceptors (Lipinski definition) is 9. The Balaban J connectivity index is 1.39. The minimum absolute atomic E-state index is 0.0760. The molecule has 4 amide bonds. The smallest absolute Gasteiger partial charge is 0.357 e.